The molecular weight excluding hydrogens is 112 g/mol. The zero-order valence-corrected chi connectivity index (χ0v) is 6.52. The molecule has 0 amide bonds. The molecule has 1 N–H and O–H groups in total. The highest BCUT2D eigenvalue weighted by molar-refractivity contribution is 4.90. The molecular formula is C8H16O. The molecule has 1 atom stereocenters. The third-order valence-electron chi connectivity index (χ3n) is 2.07. The normalized spacial score (nSPS) is 15.1. The van der Waals surface area contributed by atoms with E-state index in [2.05, 4.69) is 20.4 Å². The van der Waals surface area contributed by atoms with Gasteiger partial charge in [0.05, 0.1) is 0 Å². The number of aliphatic hydroxyl groups is 1. The second-order valence-corrected chi connectivity index (χ2v) is 3.11. The Morgan fingerprint density at radius 2 is 2.11 bits per heavy atom. The summed E-state index contributed by atoms with van der Waals surface area (Å²) < 4.78 is 0. The van der Waals surface area contributed by atoms with E-state index in [9.17, 15) is 0 Å². The fourth-order valence-electron chi connectivity index (χ4n) is 0.436. The smallest absolute Gasteiger partial charge is 0.0464 e. The first-order valence-corrected chi connectivity index (χ1v) is 3.29. The van der Waals surface area contributed by atoms with Crippen molar-refractivity contribution in [1.82, 2.24) is 0 Å². The Bertz CT molecular complexity index is 94.7. The number of rotatable bonds is 3. The molecule has 1 unspecified atom stereocenters. The van der Waals surface area contributed by atoms with Gasteiger partial charge in [-0.05, 0) is 11.3 Å². The standard InChI is InChI=1S/C8H16O/c1-5-8(3,4)7(2)6-9/h5,7,9H,1,6H2,2-4H3. The van der Waals surface area contributed by atoms with Gasteiger partial charge in [0.25, 0.3) is 0 Å². The lowest BCUT2D eigenvalue weighted by Crippen LogP contribution is -2.21. The molecule has 54 valence electrons. The largest absolute Gasteiger partial charge is 0.396 e. The van der Waals surface area contributed by atoms with E-state index >= 15 is 0 Å². The molecule has 0 bridgehead atoms. The first-order chi connectivity index (χ1) is 4.04. The van der Waals surface area contributed by atoms with E-state index in [1.54, 1.807) is 0 Å². The van der Waals surface area contributed by atoms with Crippen LogP contribution >= 0.6 is 0 Å². The SMILES string of the molecule is C=CC(C)(C)C(C)CO. The van der Waals surface area contributed by atoms with Crippen molar-refractivity contribution in [1.29, 1.82) is 0 Å². The molecule has 0 aromatic carbocycles. The second-order valence-electron chi connectivity index (χ2n) is 3.11. The van der Waals surface area contributed by atoms with Gasteiger partial charge in [0.15, 0.2) is 0 Å². The molecule has 9 heavy (non-hydrogen) atoms. The van der Waals surface area contributed by atoms with Gasteiger partial charge < -0.3 is 5.11 Å². The van der Waals surface area contributed by atoms with Crippen molar-refractivity contribution in [2.45, 2.75) is 20.8 Å². The van der Waals surface area contributed by atoms with Gasteiger partial charge in [0.2, 0.25) is 0 Å². The van der Waals surface area contributed by atoms with Crippen molar-refractivity contribution in [3.63, 3.8) is 0 Å². The van der Waals surface area contributed by atoms with E-state index in [0.717, 1.165) is 0 Å². The Kier molecular flexibility index (Phi) is 2.92. The van der Waals surface area contributed by atoms with Gasteiger partial charge in [-0.2, -0.15) is 0 Å². The number of aliphatic hydroxyl groups excluding tert-OH is 1. The van der Waals surface area contributed by atoms with Crippen LogP contribution in [0.25, 0.3) is 0 Å². The highest BCUT2D eigenvalue weighted by Crippen LogP contribution is 2.26. The average molecular weight is 128 g/mol. The summed E-state index contributed by atoms with van der Waals surface area (Å²) in [4.78, 5) is 0. The van der Waals surface area contributed by atoms with Gasteiger partial charge in [0, 0.05) is 6.61 Å². The molecule has 0 fully saturated rings. The van der Waals surface area contributed by atoms with Crippen LogP contribution in [0, 0.1) is 11.3 Å². The van der Waals surface area contributed by atoms with Crippen LogP contribution in [0.3, 0.4) is 0 Å². The van der Waals surface area contributed by atoms with Crippen LogP contribution in [0.1, 0.15) is 20.8 Å². The summed E-state index contributed by atoms with van der Waals surface area (Å²) in [7, 11) is 0. The lowest BCUT2D eigenvalue weighted by atomic mass is 9.81. The zero-order valence-electron chi connectivity index (χ0n) is 6.52. The first kappa shape index (κ1) is 8.70. The van der Waals surface area contributed by atoms with Crippen LogP contribution in [0.5, 0.6) is 0 Å². The van der Waals surface area contributed by atoms with E-state index in [1.165, 1.54) is 0 Å². The first-order valence-electron chi connectivity index (χ1n) is 3.29. The van der Waals surface area contributed by atoms with E-state index in [-0.39, 0.29) is 12.0 Å². The molecule has 0 radical (unpaired) electrons. The number of hydrogen-bond donors (Lipinski definition) is 1. The quantitative estimate of drug-likeness (QED) is 0.575. The van der Waals surface area contributed by atoms with E-state index in [0.29, 0.717) is 5.92 Å². The van der Waals surface area contributed by atoms with Crippen LogP contribution < -0.4 is 0 Å². The Labute approximate surface area is 57.4 Å². The summed E-state index contributed by atoms with van der Waals surface area (Å²) in [5.74, 6) is 0.301. The van der Waals surface area contributed by atoms with Crippen molar-refractivity contribution in [3.05, 3.63) is 12.7 Å². The Balaban J connectivity index is 3.95. The molecule has 1 nitrogen and oxygen atoms in total. The molecule has 0 aliphatic carbocycles. The van der Waals surface area contributed by atoms with Crippen molar-refractivity contribution < 1.29 is 5.11 Å². The van der Waals surface area contributed by atoms with Crippen LogP contribution in [0.4, 0.5) is 0 Å². The van der Waals surface area contributed by atoms with Gasteiger partial charge in [-0.3, -0.25) is 0 Å². The monoisotopic (exact) mass is 128 g/mol. The molecule has 0 spiro atoms. The summed E-state index contributed by atoms with van der Waals surface area (Å²) >= 11 is 0. The number of allylic oxidation sites excluding steroid dienone is 1. The summed E-state index contributed by atoms with van der Waals surface area (Å²) in [6, 6.07) is 0. The predicted molar refractivity (Wildman–Crippen MR) is 40.2 cm³/mol. The molecule has 0 aliphatic rings. The molecule has 0 saturated heterocycles. The van der Waals surface area contributed by atoms with Crippen molar-refractivity contribution in [3.8, 4) is 0 Å². The van der Waals surface area contributed by atoms with Crippen molar-refractivity contribution in [2.24, 2.45) is 11.3 Å². The maximum absolute atomic E-state index is 8.75. The summed E-state index contributed by atoms with van der Waals surface area (Å²) in [6.45, 7) is 10.1. The summed E-state index contributed by atoms with van der Waals surface area (Å²) in [5.41, 5.74) is 0.0642. The fraction of sp³-hybridized carbons (Fsp3) is 0.750. The molecule has 0 aromatic rings. The predicted octanol–water partition coefficient (Wildman–Crippen LogP) is 1.83. The molecule has 0 heterocycles. The minimum absolute atomic E-state index is 0.0642. The van der Waals surface area contributed by atoms with Gasteiger partial charge in [-0.25, -0.2) is 0 Å². The molecule has 0 rings (SSSR count). The highest BCUT2D eigenvalue weighted by Gasteiger charge is 2.20. The van der Waals surface area contributed by atoms with E-state index in [4.69, 9.17) is 5.11 Å². The van der Waals surface area contributed by atoms with Crippen molar-refractivity contribution >= 4 is 0 Å². The van der Waals surface area contributed by atoms with Crippen molar-refractivity contribution in [2.75, 3.05) is 6.61 Å². The van der Waals surface area contributed by atoms with Crippen LogP contribution in [0.15, 0.2) is 12.7 Å². The summed E-state index contributed by atoms with van der Waals surface area (Å²) in [5, 5.41) is 8.75. The maximum Gasteiger partial charge on any atom is 0.0464 e. The fourth-order valence-corrected chi connectivity index (χ4v) is 0.436. The molecule has 0 aromatic heterocycles. The molecule has 0 saturated carbocycles. The zero-order chi connectivity index (χ0) is 7.49. The third-order valence-corrected chi connectivity index (χ3v) is 2.07. The van der Waals surface area contributed by atoms with Gasteiger partial charge >= 0.3 is 0 Å². The van der Waals surface area contributed by atoms with E-state index < -0.39 is 0 Å². The Hall–Kier alpha value is -0.300. The highest BCUT2D eigenvalue weighted by atomic mass is 16.3. The topological polar surface area (TPSA) is 20.2 Å². The minimum Gasteiger partial charge on any atom is -0.396 e. The van der Waals surface area contributed by atoms with Crippen LogP contribution in [-0.4, -0.2) is 11.7 Å². The van der Waals surface area contributed by atoms with Crippen LogP contribution in [-0.2, 0) is 0 Å². The lowest BCUT2D eigenvalue weighted by Gasteiger charge is -2.25. The minimum atomic E-state index is 0.0642. The average Bonchev–Trinajstić information content (AvgIpc) is 1.86. The Morgan fingerprint density at radius 3 is 2.22 bits per heavy atom. The number of hydrogen-bond acceptors (Lipinski definition) is 1. The third kappa shape index (κ3) is 2.19. The van der Waals surface area contributed by atoms with Gasteiger partial charge in [-0.1, -0.05) is 26.8 Å². The maximum atomic E-state index is 8.75. The molecule has 0 aliphatic heterocycles. The van der Waals surface area contributed by atoms with Crippen LogP contribution in [0.2, 0.25) is 0 Å². The van der Waals surface area contributed by atoms with Gasteiger partial charge in [0.1, 0.15) is 0 Å². The van der Waals surface area contributed by atoms with Gasteiger partial charge in [-0.15, -0.1) is 6.58 Å². The Morgan fingerprint density at radius 1 is 1.67 bits per heavy atom. The van der Waals surface area contributed by atoms with E-state index in [1.807, 2.05) is 13.0 Å². The summed E-state index contributed by atoms with van der Waals surface area (Å²) in [6.07, 6.45) is 1.88. The second kappa shape index (κ2) is 3.02. The molecule has 1 heteroatoms. The lowest BCUT2D eigenvalue weighted by molar-refractivity contribution is 0.165.